The van der Waals surface area contributed by atoms with Gasteiger partial charge in [-0.15, -0.1) is 11.3 Å². The van der Waals surface area contributed by atoms with Crippen LogP contribution < -0.4 is 0 Å². The van der Waals surface area contributed by atoms with Crippen molar-refractivity contribution in [2.24, 2.45) is 0 Å². The van der Waals surface area contributed by atoms with Gasteiger partial charge in [-0.05, 0) is 26.2 Å². The summed E-state index contributed by atoms with van der Waals surface area (Å²) in [5, 5.41) is 2.91. The Hall–Kier alpha value is -0.740. The lowest BCUT2D eigenvalue weighted by Gasteiger charge is -2.40. The first-order valence-corrected chi connectivity index (χ1v) is 6.49. The van der Waals surface area contributed by atoms with Crippen molar-refractivity contribution in [2.45, 2.75) is 44.6 Å². The molecule has 0 N–H and O–H groups in total. The minimum Gasteiger partial charge on any atom is -0.378 e. The number of carbonyl (C=O) groups excluding carboxylic acids is 1. The van der Waals surface area contributed by atoms with Crippen LogP contribution in [0.15, 0.2) is 5.38 Å². The number of rotatable bonds is 5. The highest BCUT2D eigenvalue weighted by molar-refractivity contribution is 7.09. The molecule has 1 heterocycles. The van der Waals surface area contributed by atoms with Crippen LogP contribution >= 0.6 is 11.3 Å². The summed E-state index contributed by atoms with van der Waals surface area (Å²) in [6, 6.07) is 0. The maximum atomic E-state index is 11.9. The van der Waals surface area contributed by atoms with Crippen molar-refractivity contribution >= 4 is 17.1 Å². The number of ether oxygens (including phenoxy) is 1. The average molecular weight is 239 g/mol. The molecule has 0 atom stereocenters. The van der Waals surface area contributed by atoms with Gasteiger partial charge in [0.2, 0.25) is 0 Å². The highest BCUT2D eigenvalue weighted by atomic mass is 32.1. The fraction of sp³-hybridized carbons (Fsp3) is 0.667. The highest BCUT2D eigenvalue weighted by Crippen LogP contribution is 2.38. The summed E-state index contributed by atoms with van der Waals surface area (Å²) >= 11 is 1.56. The molecule has 4 heteroatoms. The molecule has 1 aromatic heterocycles. The lowest BCUT2D eigenvalue weighted by atomic mass is 9.76. The molecule has 0 unspecified atom stereocenters. The standard InChI is InChI=1S/C12H17NO2S/c1-9-8-16-11(13-9)6-10(14)7-12(15-2)4-3-5-12/h8H,3-7H2,1-2H3. The summed E-state index contributed by atoms with van der Waals surface area (Å²) in [5.74, 6) is 0.246. The van der Waals surface area contributed by atoms with Crippen molar-refractivity contribution in [3.63, 3.8) is 0 Å². The third-order valence-electron chi connectivity index (χ3n) is 3.23. The summed E-state index contributed by atoms with van der Waals surface area (Å²) in [6.07, 6.45) is 4.22. The van der Waals surface area contributed by atoms with Crippen LogP contribution in [0.25, 0.3) is 0 Å². The second-order valence-electron chi connectivity index (χ2n) is 4.52. The molecule has 88 valence electrons. The number of nitrogens with zero attached hydrogens (tertiary/aromatic N) is 1. The van der Waals surface area contributed by atoms with Gasteiger partial charge in [0.15, 0.2) is 0 Å². The second kappa shape index (κ2) is 4.63. The minimum absolute atomic E-state index is 0.149. The van der Waals surface area contributed by atoms with Gasteiger partial charge in [-0.2, -0.15) is 0 Å². The largest absolute Gasteiger partial charge is 0.378 e. The molecule has 1 aliphatic rings. The van der Waals surface area contributed by atoms with Crippen LogP contribution in [0.1, 0.15) is 36.4 Å². The van der Waals surface area contributed by atoms with E-state index in [4.69, 9.17) is 4.74 Å². The molecule has 1 saturated carbocycles. The van der Waals surface area contributed by atoms with Crippen LogP contribution in [0.2, 0.25) is 0 Å². The zero-order valence-corrected chi connectivity index (χ0v) is 10.6. The fourth-order valence-electron chi connectivity index (χ4n) is 2.10. The Morgan fingerprint density at radius 1 is 1.62 bits per heavy atom. The van der Waals surface area contributed by atoms with Gasteiger partial charge in [-0.3, -0.25) is 4.79 Å². The molecular formula is C12H17NO2S. The second-order valence-corrected chi connectivity index (χ2v) is 5.46. The Kier molecular flexibility index (Phi) is 3.40. The van der Waals surface area contributed by atoms with Crippen LogP contribution in [-0.2, 0) is 16.0 Å². The van der Waals surface area contributed by atoms with Gasteiger partial charge in [-0.1, -0.05) is 0 Å². The van der Waals surface area contributed by atoms with Crippen molar-refractivity contribution in [2.75, 3.05) is 7.11 Å². The molecule has 16 heavy (non-hydrogen) atoms. The van der Waals surface area contributed by atoms with Crippen molar-refractivity contribution in [3.05, 3.63) is 16.1 Å². The fourth-order valence-corrected chi connectivity index (χ4v) is 2.90. The summed E-state index contributed by atoms with van der Waals surface area (Å²) in [6.45, 7) is 1.95. The Labute approximate surface area is 99.8 Å². The number of ketones is 1. The average Bonchev–Trinajstić information content (AvgIpc) is 2.57. The van der Waals surface area contributed by atoms with Crippen molar-refractivity contribution in [1.29, 1.82) is 0 Å². The van der Waals surface area contributed by atoms with Crippen LogP contribution in [0, 0.1) is 6.92 Å². The van der Waals surface area contributed by atoms with E-state index < -0.39 is 0 Å². The van der Waals surface area contributed by atoms with E-state index in [1.807, 2.05) is 12.3 Å². The summed E-state index contributed by atoms with van der Waals surface area (Å²) in [4.78, 5) is 16.2. The van der Waals surface area contributed by atoms with Crippen molar-refractivity contribution in [3.8, 4) is 0 Å². The first kappa shape index (κ1) is 11.7. The van der Waals surface area contributed by atoms with E-state index in [0.29, 0.717) is 12.8 Å². The number of hydrogen-bond acceptors (Lipinski definition) is 4. The van der Waals surface area contributed by atoms with Gasteiger partial charge in [0.1, 0.15) is 10.8 Å². The Balaban J connectivity index is 1.89. The molecule has 0 radical (unpaired) electrons. The summed E-state index contributed by atoms with van der Waals surface area (Å²) < 4.78 is 5.45. The molecule has 0 amide bonds. The first-order valence-electron chi connectivity index (χ1n) is 5.61. The Morgan fingerprint density at radius 3 is 2.81 bits per heavy atom. The topological polar surface area (TPSA) is 39.2 Å². The van der Waals surface area contributed by atoms with E-state index in [-0.39, 0.29) is 11.4 Å². The zero-order valence-electron chi connectivity index (χ0n) is 9.78. The lowest BCUT2D eigenvalue weighted by Crippen LogP contribution is -2.41. The number of carbonyl (C=O) groups is 1. The molecule has 0 bridgehead atoms. The molecular weight excluding hydrogens is 222 g/mol. The minimum atomic E-state index is -0.149. The molecule has 0 aliphatic heterocycles. The van der Waals surface area contributed by atoms with Gasteiger partial charge in [0.25, 0.3) is 0 Å². The molecule has 0 spiro atoms. The van der Waals surface area contributed by atoms with Crippen LogP contribution in [0.5, 0.6) is 0 Å². The van der Waals surface area contributed by atoms with Gasteiger partial charge in [0, 0.05) is 24.6 Å². The van der Waals surface area contributed by atoms with Crippen LogP contribution in [0.4, 0.5) is 0 Å². The number of aromatic nitrogens is 1. The SMILES string of the molecule is COC1(CC(=O)Cc2nc(C)cs2)CCC1. The summed E-state index contributed by atoms with van der Waals surface area (Å²) in [5.41, 5.74) is 0.849. The van der Waals surface area contributed by atoms with Gasteiger partial charge in [0.05, 0.1) is 12.0 Å². The van der Waals surface area contributed by atoms with E-state index in [1.54, 1.807) is 18.4 Å². The third-order valence-corrected chi connectivity index (χ3v) is 4.20. The van der Waals surface area contributed by atoms with Crippen molar-refractivity contribution in [1.82, 2.24) is 4.98 Å². The molecule has 2 rings (SSSR count). The van der Waals surface area contributed by atoms with Crippen molar-refractivity contribution < 1.29 is 9.53 Å². The quantitative estimate of drug-likeness (QED) is 0.792. The number of aryl methyl sites for hydroxylation is 1. The van der Waals surface area contributed by atoms with Gasteiger partial charge in [-0.25, -0.2) is 4.98 Å². The van der Waals surface area contributed by atoms with E-state index in [9.17, 15) is 4.79 Å². The lowest BCUT2D eigenvalue weighted by molar-refractivity contribution is -0.131. The predicted octanol–water partition coefficient (Wildman–Crippen LogP) is 2.52. The number of hydrogen-bond donors (Lipinski definition) is 0. The zero-order chi connectivity index (χ0) is 11.6. The summed E-state index contributed by atoms with van der Waals surface area (Å²) in [7, 11) is 1.71. The van der Waals surface area contributed by atoms with E-state index in [1.165, 1.54) is 6.42 Å². The maximum absolute atomic E-state index is 11.9. The number of Topliss-reactive ketones (excluding diaryl/α,β-unsaturated/α-hetero) is 1. The number of thiazole rings is 1. The first-order chi connectivity index (χ1) is 7.63. The normalized spacial score (nSPS) is 18.1. The molecule has 3 nitrogen and oxygen atoms in total. The number of methoxy groups -OCH3 is 1. The third kappa shape index (κ3) is 2.50. The van der Waals surface area contributed by atoms with Gasteiger partial charge >= 0.3 is 0 Å². The van der Waals surface area contributed by atoms with E-state index >= 15 is 0 Å². The highest BCUT2D eigenvalue weighted by Gasteiger charge is 2.38. The molecule has 1 aliphatic carbocycles. The molecule has 0 saturated heterocycles. The van der Waals surface area contributed by atoms with Crippen LogP contribution in [-0.4, -0.2) is 23.5 Å². The van der Waals surface area contributed by atoms with E-state index in [0.717, 1.165) is 23.5 Å². The molecule has 1 fully saturated rings. The predicted molar refractivity (Wildman–Crippen MR) is 63.8 cm³/mol. The Morgan fingerprint density at radius 2 is 2.38 bits per heavy atom. The van der Waals surface area contributed by atoms with Crippen LogP contribution in [0.3, 0.4) is 0 Å². The monoisotopic (exact) mass is 239 g/mol. The molecule has 1 aromatic rings. The van der Waals surface area contributed by atoms with Gasteiger partial charge < -0.3 is 4.74 Å². The Bertz CT molecular complexity index is 377. The molecule has 0 aromatic carbocycles. The maximum Gasteiger partial charge on any atom is 0.142 e. The smallest absolute Gasteiger partial charge is 0.142 e. The van der Waals surface area contributed by atoms with E-state index in [2.05, 4.69) is 4.98 Å².